The normalized spacial score (nSPS) is 19.0. The molecule has 1 unspecified atom stereocenters. The van der Waals surface area contributed by atoms with Crippen LogP contribution in [0.3, 0.4) is 0 Å². The molecule has 2 aliphatic heterocycles. The van der Waals surface area contributed by atoms with Crippen molar-refractivity contribution in [2.24, 2.45) is 5.92 Å². The highest BCUT2D eigenvalue weighted by Gasteiger charge is 2.42. The first kappa shape index (κ1) is 18.5. The van der Waals surface area contributed by atoms with Crippen LogP contribution in [0.2, 0.25) is 0 Å². The van der Waals surface area contributed by atoms with Gasteiger partial charge < -0.3 is 9.57 Å². The third-order valence-corrected chi connectivity index (χ3v) is 5.11. The van der Waals surface area contributed by atoms with Gasteiger partial charge in [0.05, 0.1) is 24.3 Å². The number of carbonyl (C=O) groups is 3. The lowest BCUT2D eigenvalue weighted by atomic mass is 9.92. The van der Waals surface area contributed by atoms with E-state index in [0.717, 1.165) is 12.8 Å². The van der Waals surface area contributed by atoms with Gasteiger partial charge in [0.1, 0.15) is 6.04 Å². The van der Waals surface area contributed by atoms with Crippen molar-refractivity contribution in [3.8, 4) is 0 Å². The van der Waals surface area contributed by atoms with Crippen LogP contribution in [0.4, 0.5) is 0 Å². The van der Waals surface area contributed by atoms with Gasteiger partial charge in [-0.15, -0.1) is 0 Å². The van der Waals surface area contributed by atoms with Crippen LogP contribution in [0.25, 0.3) is 0 Å². The molecule has 0 spiro atoms. The molecular weight excluding hydrogens is 336 g/mol. The molecule has 2 heterocycles. The molecule has 1 aromatic carbocycles. The summed E-state index contributed by atoms with van der Waals surface area (Å²) in [7, 11) is 0. The first-order valence-electron chi connectivity index (χ1n) is 9.09. The van der Waals surface area contributed by atoms with Gasteiger partial charge in [0.25, 0.3) is 11.8 Å². The quantitative estimate of drug-likeness (QED) is 0.721. The molecule has 140 valence electrons. The Morgan fingerprint density at radius 3 is 2.12 bits per heavy atom. The second-order valence-corrected chi connectivity index (χ2v) is 6.53. The summed E-state index contributed by atoms with van der Waals surface area (Å²) < 4.78 is 5.37. The Morgan fingerprint density at radius 2 is 1.62 bits per heavy atom. The van der Waals surface area contributed by atoms with Gasteiger partial charge in [-0.25, -0.2) is 4.79 Å². The molecule has 26 heavy (non-hydrogen) atoms. The summed E-state index contributed by atoms with van der Waals surface area (Å²) in [5, 5.41) is 0.600. The predicted molar refractivity (Wildman–Crippen MR) is 93.3 cm³/mol. The summed E-state index contributed by atoms with van der Waals surface area (Å²) >= 11 is 0. The summed E-state index contributed by atoms with van der Waals surface area (Å²) in [5.74, 6) is -1.67. The molecule has 1 atom stereocenters. The molecule has 0 saturated carbocycles. The van der Waals surface area contributed by atoms with Crippen LogP contribution in [0, 0.1) is 5.92 Å². The van der Waals surface area contributed by atoms with Gasteiger partial charge in [-0.1, -0.05) is 43.9 Å². The van der Waals surface area contributed by atoms with E-state index in [-0.39, 0.29) is 17.0 Å². The minimum atomic E-state index is -0.593. The number of rotatable bonds is 6. The van der Waals surface area contributed by atoms with Gasteiger partial charge in [-0.3, -0.25) is 14.5 Å². The third kappa shape index (κ3) is 3.37. The van der Waals surface area contributed by atoms with E-state index in [2.05, 4.69) is 0 Å². The van der Waals surface area contributed by atoms with Crippen molar-refractivity contribution in [2.75, 3.05) is 26.3 Å². The van der Waals surface area contributed by atoms with E-state index in [4.69, 9.17) is 9.57 Å². The first-order chi connectivity index (χ1) is 12.6. The lowest BCUT2D eigenvalue weighted by Gasteiger charge is -2.37. The Bertz CT molecular complexity index is 660. The Hall–Kier alpha value is -2.25. The average Bonchev–Trinajstić information content (AvgIpc) is 2.91. The number of hydroxylamine groups is 2. The highest BCUT2D eigenvalue weighted by atomic mass is 16.7. The molecule has 0 N–H and O–H groups in total. The summed E-state index contributed by atoms with van der Waals surface area (Å²) in [4.78, 5) is 45.2. The third-order valence-electron chi connectivity index (χ3n) is 5.11. The fourth-order valence-corrected chi connectivity index (χ4v) is 3.62. The number of fused-ring (bicyclic) bond motifs is 1. The molecule has 3 rings (SSSR count). The van der Waals surface area contributed by atoms with E-state index < -0.39 is 23.8 Å². The van der Waals surface area contributed by atoms with E-state index in [1.54, 1.807) is 24.3 Å². The highest BCUT2D eigenvalue weighted by molar-refractivity contribution is 6.20. The maximum absolute atomic E-state index is 12.9. The van der Waals surface area contributed by atoms with Crippen molar-refractivity contribution in [3.05, 3.63) is 35.4 Å². The molecule has 0 radical (unpaired) electrons. The summed E-state index contributed by atoms with van der Waals surface area (Å²) in [6.07, 6.45) is 1.60. The highest BCUT2D eigenvalue weighted by Crippen LogP contribution is 2.26. The molecule has 1 saturated heterocycles. The number of carbonyl (C=O) groups excluding carboxylic acids is 3. The molecule has 2 amide bonds. The molecular formula is C19H24N2O5. The van der Waals surface area contributed by atoms with Crippen molar-refractivity contribution >= 4 is 17.8 Å². The number of hydrogen-bond acceptors (Lipinski definition) is 6. The summed E-state index contributed by atoms with van der Waals surface area (Å²) in [6, 6.07) is 5.97. The second-order valence-electron chi connectivity index (χ2n) is 6.53. The minimum absolute atomic E-state index is 0.0794. The van der Waals surface area contributed by atoms with Gasteiger partial charge in [0.15, 0.2) is 0 Å². The molecule has 7 heteroatoms. The minimum Gasteiger partial charge on any atom is -0.379 e. The lowest BCUT2D eigenvalue weighted by molar-refractivity contribution is -0.179. The molecule has 2 aliphatic rings. The SMILES string of the molecule is CCC(CC)C(C(=O)ON1C(=O)c2ccccc2C1=O)N1CCOCC1. The zero-order chi connectivity index (χ0) is 18.7. The number of ether oxygens (including phenoxy) is 1. The van der Waals surface area contributed by atoms with Gasteiger partial charge in [-0.2, -0.15) is 0 Å². The van der Waals surface area contributed by atoms with Gasteiger partial charge >= 0.3 is 5.97 Å². The zero-order valence-electron chi connectivity index (χ0n) is 15.1. The summed E-state index contributed by atoms with van der Waals surface area (Å²) in [5.41, 5.74) is 0.520. The van der Waals surface area contributed by atoms with E-state index >= 15 is 0 Å². The van der Waals surface area contributed by atoms with Crippen LogP contribution in [0.15, 0.2) is 24.3 Å². The van der Waals surface area contributed by atoms with Crippen LogP contribution in [0.5, 0.6) is 0 Å². The number of imide groups is 1. The molecule has 0 bridgehead atoms. The number of benzene rings is 1. The standard InChI is InChI=1S/C19H24N2O5/c1-3-13(4-2)16(20-9-11-25-12-10-20)19(24)26-21-17(22)14-7-5-6-8-15(14)18(21)23/h5-8,13,16H,3-4,9-12H2,1-2H3. The van der Waals surface area contributed by atoms with E-state index in [1.165, 1.54) is 0 Å². The van der Waals surface area contributed by atoms with Crippen molar-refractivity contribution in [1.29, 1.82) is 0 Å². The Morgan fingerprint density at radius 1 is 1.08 bits per heavy atom. The fraction of sp³-hybridized carbons (Fsp3) is 0.526. The predicted octanol–water partition coefficient (Wildman–Crippen LogP) is 1.88. The molecule has 7 nitrogen and oxygen atoms in total. The largest absolute Gasteiger partial charge is 0.379 e. The number of hydrogen-bond donors (Lipinski definition) is 0. The Kier molecular flexibility index (Phi) is 5.68. The lowest BCUT2D eigenvalue weighted by Crippen LogP contribution is -2.53. The van der Waals surface area contributed by atoms with E-state index in [1.807, 2.05) is 18.7 Å². The monoisotopic (exact) mass is 360 g/mol. The van der Waals surface area contributed by atoms with Crippen LogP contribution in [0.1, 0.15) is 47.4 Å². The molecule has 1 aromatic rings. The number of morpholine rings is 1. The summed E-state index contributed by atoms with van der Waals surface area (Å²) in [6.45, 7) is 6.40. The Balaban J connectivity index is 1.79. The number of amides is 2. The van der Waals surface area contributed by atoms with Crippen LogP contribution >= 0.6 is 0 Å². The molecule has 0 aliphatic carbocycles. The van der Waals surface area contributed by atoms with Crippen molar-refractivity contribution < 1.29 is 24.0 Å². The maximum atomic E-state index is 12.9. The molecule has 1 fully saturated rings. The van der Waals surface area contributed by atoms with E-state index in [9.17, 15) is 14.4 Å². The fourth-order valence-electron chi connectivity index (χ4n) is 3.62. The Labute approximate surface area is 152 Å². The van der Waals surface area contributed by atoms with E-state index in [0.29, 0.717) is 31.4 Å². The second kappa shape index (κ2) is 7.97. The van der Waals surface area contributed by atoms with Crippen molar-refractivity contribution in [1.82, 2.24) is 9.96 Å². The maximum Gasteiger partial charge on any atom is 0.350 e. The topological polar surface area (TPSA) is 76.2 Å². The number of nitrogens with zero attached hydrogens (tertiary/aromatic N) is 2. The molecule has 0 aromatic heterocycles. The van der Waals surface area contributed by atoms with Gasteiger partial charge in [-0.05, 0) is 18.1 Å². The van der Waals surface area contributed by atoms with Crippen LogP contribution < -0.4 is 0 Å². The first-order valence-corrected chi connectivity index (χ1v) is 9.09. The van der Waals surface area contributed by atoms with Crippen molar-refractivity contribution in [2.45, 2.75) is 32.7 Å². The van der Waals surface area contributed by atoms with Gasteiger partial charge in [0.2, 0.25) is 0 Å². The van der Waals surface area contributed by atoms with Crippen molar-refractivity contribution in [3.63, 3.8) is 0 Å². The van der Waals surface area contributed by atoms with Gasteiger partial charge in [0, 0.05) is 13.1 Å². The van der Waals surface area contributed by atoms with Crippen LogP contribution in [-0.4, -0.2) is 60.1 Å². The average molecular weight is 360 g/mol. The smallest absolute Gasteiger partial charge is 0.350 e. The zero-order valence-corrected chi connectivity index (χ0v) is 15.1. The van der Waals surface area contributed by atoms with Crippen LogP contribution in [-0.2, 0) is 14.4 Å².